The molecule has 1 unspecified atom stereocenters. The molecule has 0 saturated heterocycles. The lowest BCUT2D eigenvalue weighted by Gasteiger charge is -2.14. The van der Waals surface area contributed by atoms with Crippen molar-refractivity contribution in [3.63, 3.8) is 0 Å². The van der Waals surface area contributed by atoms with E-state index in [9.17, 15) is 4.79 Å². The summed E-state index contributed by atoms with van der Waals surface area (Å²) in [5.41, 5.74) is 2.82. The van der Waals surface area contributed by atoms with E-state index in [0.717, 1.165) is 16.8 Å². The van der Waals surface area contributed by atoms with E-state index in [4.69, 9.17) is 4.84 Å². The predicted octanol–water partition coefficient (Wildman–Crippen LogP) is 2.73. The number of benzene rings is 2. The van der Waals surface area contributed by atoms with Gasteiger partial charge in [-0.2, -0.15) is 5.06 Å². The number of hydrogen-bond acceptors (Lipinski definition) is 2. The third-order valence-electron chi connectivity index (χ3n) is 3.23. The molecule has 0 radical (unpaired) electrons. The quantitative estimate of drug-likeness (QED) is 0.806. The van der Waals surface area contributed by atoms with Crippen LogP contribution in [0.15, 0.2) is 54.6 Å². The molecule has 3 rings (SSSR count). The van der Waals surface area contributed by atoms with E-state index in [2.05, 4.69) is 0 Å². The summed E-state index contributed by atoms with van der Waals surface area (Å²) in [7, 11) is 1.52. The average Bonchev–Trinajstić information content (AvgIpc) is 2.71. The van der Waals surface area contributed by atoms with Gasteiger partial charge in [0, 0.05) is 0 Å². The summed E-state index contributed by atoms with van der Waals surface area (Å²) in [6.45, 7) is 0. The molecule has 0 aliphatic carbocycles. The maximum Gasteiger partial charge on any atom is 0.262 e. The lowest BCUT2D eigenvalue weighted by atomic mass is 9.93. The van der Waals surface area contributed by atoms with Gasteiger partial charge < -0.3 is 0 Å². The Bertz CT molecular complexity index is 580. The van der Waals surface area contributed by atoms with Crippen LogP contribution in [-0.4, -0.2) is 13.0 Å². The number of carbonyl (C=O) groups excluding carboxylic acids is 1. The van der Waals surface area contributed by atoms with Crippen molar-refractivity contribution in [1.29, 1.82) is 0 Å². The lowest BCUT2D eigenvalue weighted by molar-refractivity contribution is -0.124. The van der Waals surface area contributed by atoms with E-state index in [0.29, 0.717) is 0 Å². The van der Waals surface area contributed by atoms with Crippen molar-refractivity contribution in [3.8, 4) is 0 Å². The largest absolute Gasteiger partial charge is 0.271 e. The zero-order valence-electron chi connectivity index (χ0n) is 10.0. The number of rotatable bonds is 2. The number of hydroxylamine groups is 1. The van der Waals surface area contributed by atoms with Crippen LogP contribution in [0.3, 0.4) is 0 Å². The van der Waals surface area contributed by atoms with Crippen LogP contribution >= 0.6 is 0 Å². The molecule has 1 atom stereocenters. The van der Waals surface area contributed by atoms with Crippen LogP contribution < -0.4 is 5.06 Å². The molecule has 1 heterocycles. The van der Waals surface area contributed by atoms with Crippen molar-refractivity contribution in [3.05, 3.63) is 65.7 Å². The van der Waals surface area contributed by atoms with Crippen molar-refractivity contribution in [2.24, 2.45) is 0 Å². The van der Waals surface area contributed by atoms with Crippen molar-refractivity contribution < 1.29 is 9.63 Å². The zero-order valence-corrected chi connectivity index (χ0v) is 10.0. The van der Waals surface area contributed by atoms with Crippen LogP contribution in [-0.2, 0) is 9.63 Å². The molecule has 1 aliphatic heterocycles. The average molecular weight is 239 g/mol. The van der Waals surface area contributed by atoms with Crippen LogP contribution in [0.4, 0.5) is 5.69 Å². The number of hydrogen-bond donors (Lipinski definition) is 0. The molecule has 0 N–H and O–H groups in total. The summed E-state index contributed by atoms with van der Waals surface area (Å²) < 4.78 is 0. The van der Waals surface area contributed by atoms with Gasteiger partial charge in [-0.15, -0.1) is 0 Å². The molecule has 0 aromatic heterocycles. The van der Waals surface area contributed by atoms with E-state index in [-0.39, 0.29) is 11.8 Å². The molecular weight excluding hydrogens is 226 g/mol. The molecular formula is C15H13NO2. The van der Waals surface area contributed by atoms with Gasteiger partial charge in [0.1, 0.15) is 0 Å². The third kappa shape index (κ3) is 1.52. The molecule has 2 aromatic rings. The second-order valence-corrected chi connectivity index (χ2v) is 4.22. The number of amides is 1. The summed E-state index contributed by atoms with van der Waals surface area (Å²) in [6.07, 6.45) is 0. The SMILES string of the molecule is CON1C(=O)C(c2ccccc2)c2ccccc21. The number of anilines is 1. The van der Waals surface area contributed by atoms with Gasteiger partial charge in [0.2, 0.25) is 0 Å². The zero-order chi connectivity index (χ0) is 12.5. The first-order valence-electron chi connectivity index (χ1n) is 5.85. The molecule has 1 amide bonds. The second kappa shape index (κ2) is 4.27. The van der Waals surface area contributed by atoms with E-state index in [1.54, 1.807) is 0 Å². The van der Waals surface area contributed by atoms with Gasteiger partial charge in [0.15, 0.2) is 0 Å². The highest BCUT2D eigenvalue weighted by Gasteiger charge is 2.38. The number of carbonyl (C=O) groups is 1. The van der Waals surface area contributed by atoms with Crippen molar-refractivity contribution >= 4 is 11.6 Å². The fraction of sp³-hybridized carbons (Fsp3) is 0.133. The smallest absolute Gasteiger partial charge is 0.262 e. The Balaban J connectivity index is 2.15. The molecule has 0 saturated carbocycles. The molecule has 3 heteroatoms. The van der Waals surface area contributed by atoms with Crippen LogP contribution in [0, 0.1) is 0 Å². The van der Waals surface area contributed by atoms with Gasteiger partial charge in [0.05, 0.1) is 18.7 Å². The van der Waals surface area contributed by atoms with E-state index < -0.39 is 0 Å². The first kappa shape index (κ1) is 11.0. The lowest BCUT2D eigenvalue weighted by Crippen LogP contribution is -2.27. The van der Waals surface area contributed by atoms with Crippen LogP contribution in [0.1, 0.15) is 17.0 Å². The van der Waals surface area contributed by atoms with Gasteiger partial charge in [-0.1, -0.05) is 48.5 Å². The van der Waals surface area contributed by atoms with Gasteiger partial charge in [-0.05, 0) is 17.2 Å². The Morgan fingerprint density at radius 1 is 1.00 bits per heavy atom. The highest BCUT2D eigenvalue weighted by atomic mass is 16.7. The Morgan fingerprint density at radius 2 is 1.67 bits per heavy atom. The van der Waals surface area contributed by atoms with E-state index in [1.165, 1.54) is 12.2 Å². The predicted molar refractivity (Wildman–Crippen MR) is 69.2 cm³/mol. The monoisotopic (exact) mass is 239 g/mol. The normalized spacial score (nSPS) is 17.9. The molecule has 90 valence electrons. The Morgan fingerprint density at radius 3 is 2.39 bits per heavy atom. The summed E-state index contributed by atoms with van der Waals surface area (Å²) in [5, 5.41) is 1.37. The second-order valence-electron chi connectivity index (χ2n) is 4.22. The first-order valence-corrected chi connectivity index (χ1v) is 5.85. The summed E-state index contributed by atoms with van der Waals surface area (Å²) in [5.74, 6) is -0.299. The molecule has 18 heavy (non-hydrogen) atoms. The van der Waals surface area contributed by atoms with Crippen molar-refractivity contribution in [1.82, 2.24) is 0 Å². The Labute approximate surface area is 106 Å². The third-order valence-corrected chi connectivity index (χ3v) is 3.23. The van der Waals surface area contributed by atoms with Gasteiger partial charge in [-0.25, -0.2) is 0 Å². The van der Waals surface area contributed by atoms with E-state index in [1.807, 2.05) is 54.6 Å². The Kier molecular flexibility index (Phi) is 2.61. The highest BCUT2D eigenvalue weighted by molar-refractivity contribution is 6.05. The Hall–Kier alpha value is -2.13. The topological polar surface area (TPSA) is 29.5 Å². The van der Waals surface area contributed by atoms with Crippen LogP contribution in [0.25, 0.3) is 0 Å². The summed E-state index contributed by atoms with van der Waals surface area (Å²) >= 11 is 0. The molecule has 2 aromatic carbocycles. The minimum atomic E-state index is -0.262. The first-order chi connectivity index (χ1) is 8.83. The standard InChI is InChI=1S/C15H13NO2/c1-18-16-13-10-6-5-9-12(13)14(15(16)17)11-7-3-2-4-8-11/h2-10,14H,1H3. The molecule has 0 bridgehead atoms. The summed E-state index contributed by atoms with van der Waals surface area (Å²) in [4.78, 5) is 17.6. The molecule has 0 spiro atoms. The van der Waals surface area contributed by atoms with Crippen molar-refractivity contribution in [2.45, 2.75) is 5.92 Å². The maximum absolute atomic E-state index is 12.4. The van der Waals surface area contributed by atoms with Crippen LogP contribution in [0.5, 0.6) is 0 Å². The highest BCUT2D eigenvalue weighted by Crippen LogP contribution is 2.40. The number of nitrogens with zero attached hydrogens (tertiary/aromatic N) is 1. The van der Waals surface area contributed by atoms with Gasteiger partial charge in [-0.3, -0.25) is 9.63 Å². The van der Waals surface area contributed by atoms with Crippen molar-refractivity contribution in [2.75, 3.05) is 12.2 Å². The van der Waals surface area contributed by atoms with Gasteiger partial charge >= 0.3 is 0 Å². The molecule has 3 nitrogen and oxygen atoms in total. The fourth-order valence-corrected chi connectivity index (χ4v) is 2.44. The number of fused-ring (bicyclic) bond motifs is 1. The minimum Gasteiger partial charge on any atom is -0.271 e. The van der Waals surface area contributed by atoms with E-state index >= 15 is 0 Å². The fourth-order valence-electron chi connectivity index (χ4n) is 2.44. The minimum absolute atomic E-state index is 0.0371. The maximum atomic E-state index is 12.4. The van der Waals surface area contributed by atoms with Crippen LogP contribution in [0.2, 0.25) is 0 Å². The molecule has 1 aliphatic rings. The summed E-state index contributed by atoms with van der Waals surface area (Å²) in [6, 6.07) is 17.5. The molecule has 0 fully saturated rings. The van der Waals surface area contributed by atoms with Gasteiger partial charge in [0.25, 0.3) is 5.91 Å². The number of para-hydroxylation sites is 1.